The zero-order valence-corrected chi connectivity index (χ0v) is 8.11. The highest BCUT2D eigenvalue weighted by Crippen LogP contribution is 2.47. The lowest BCUT2D eigenvalue weighted by molar-refractivity contribution is 0.394. The number of nitrogens with one attached hydrogen (secondary N) is 1. The third kappa shape index (κ3) is 1.40. The van der Waals surface area contributed by atoms with Gasteiger partial charge in [0.05, 0.1) is 0 Å². The highest BCUT2D eigenvalue weighted by molar-refractivity contribution is 5.28. The van der Waals surface area contributed by atoms with E-state index in [1.807, 2.05) is 12.1 Å². The maximum atomic E-state index is 9.19. The molecule has 1 aromatic rings. The van der Waals surface area contributed by atoms with Gasteiger partial charge < -0.3 is 10.4 Å². The van der Waals surface area contributed by atoms with Crippen LogP contribution in [0.2, 0.25) is 0 Å². The smallest absolute Gasteiger partial charge is 0.115 e. The van der Waals surface area contributed by atoms with Gasteiger partial charge in [-0.1, -0.05) is 12.1 Å². The van der Waals surface area contributed by atoms with Gasteiger partial charge in [-0.25, -0.2) is 0 Å². The molecule has 1 aromatic carbocycles. The Morgan fingerprint density at radius 1 is 1.07 bits per heavy atom. The fraction of sp³-hybridized carbons (Fsp3) is 0.500. The first-order valence-electron chi connectivity index (χ1n) is 5.35. The van der Waals surface area contributed by atoms with Crippen molar-refractivity contribution in [2.75, 3.05) is 6.54 Å². The van der Waals surface area contributed by atoms with Crippen molar-refractivity contribution in [1.29, 1.82) is 0 Å². The van der Waals surface area contributed by atoms with Gasteiger partial charge >= 0.3 is 0 Å². The van der Waals surface area contributed by atoms with Crippen molar-refractivity contribution in [3.05, 3.63) is 29.8 Å². The fourth-order valence-corrected chi connectivity index (χ4v) is 2.49. The van der Waals surface area contributed by atoms with Gasteiger partial charge in [0.2, 0.25) is 0 Å². The second kappa shape index (κ2) is 2.99. The largest absolute Gasteiger partial charge is 0.508 e. The van der Waals surface area contributed by atoms with Gasteiger partial charge in [-0.2, -0.15) is 0 Å². The number of aromatic hydroxyl groups is 1. The van der Waals surface area contributed by atoms with Gasteiger partial charge in [0.1, 0.15) is 5.75 Å². The van der Waals surface area contributed by atoms with Crippen LogP contribution < -0.4 is 5.32 Å². The predicted octanol–water partition coefficient (Wildman–Crippen LogP) is 2.06. The fourth-order valence-electron chi connectivity index (χ4n) is 2.49. The van der Waals surface area contributed by atoms with E-state index in [9.17, 15) is 5.11 Å². The minimum Gasteiger partial charge on any atom is -0.508 e. The van der Waals surface area contributed by atoms with E-state index in [-0.39, 0.29) is 0 Å². The molecule has 74 valence electrons. The molecular formula is C12H15NO. The van der Waals surface area contributed by atoms with Gasteiger partial charge in [0.15, 0.2) is 0 Å². The van der Waals surface area contributed by atoms with E-state index in [1.54, 1.807) is 12.1 Å². The molecule has 3 unspecified atom stereocenters. The molecule has 1 aliphatic heterocycles. The molecule has 14 heavy (non-hydrogen) atoms. The summed E-state index contributed by atoms with van der Waals surface area (Å²) < 4.78 is 0. The summed E-state index contributed by atoms with van der Waals surface area (Å²) in [4.78, 5) is 0. The van der Waals surface area contributed by atoms with Gasteiger partial charge in [-0.15, -0.1) is 0 Å². The number of benzene rings is 1. The Bertz CT molecular complexity index is 333. The number of hydrogen-bond donors (Lipinski definition) is 2. The Balaban J connectivity index is 1.77. The van der Waals surface area contributed by atoms with Crippen LogP contribution in [0.25, 0.3) is 0 Å². The summed E-state index contributed by atoms with van der Waals surface area (Å²) in [7, 11) is 0. The predicted molar refractivity (Wildman–Crippen MR) is 55.1 cm³/mol. The van der Waals surface area contributed by atoms with Crippen molar-refractivity contribution < 1.29 is 5.11 Å². The van der Waals surface area contributed by atoms with Crippen LogP contribution in [0, 0.1) is 11.8 Å². The highest BCUT2D eigenvalue weighted by Gasteiger charge is 2.42. The third-order valence-corrected chi connectivity index (χ3v) is 3.53. The van der Waals surface area contributed by atoms with E-state index in [0.29, 0.717) is 11.8 Å². The number of hydrogen-bond acceptors (Lipinski definition) is 2. The quantitative estimate of drug-likeness (QED) is 0.708. The molecule has 1 saturated heterocycles. The lowest BCUT2D eigenvalue weighted by Crippen LogP contribution is -2.28. The average Bonchev–Trinajstić information content (AvgIpc) is 2.96. The Hall–Kier alpha value is -1.02. The minimum absolute atomic E-state index is 0.355. The first-order chi connectivity index (χ1) is 6.83. The summed E-state index contributed by atoms with van der Waals surface area (Å²) in [5.41, 5.74) is 1.31. The molecule has 3 rings (SSSR count). The molecule has 0 bridgehead atoms. The van der Waals surface area contributed by atoms with E-state index in [1.165, 1.54) is 24.9 Å². The molecule has 2 fully saturated rings. The first kappa shape index (κ1) is 8.30. The molecule has 1 heterocycles. The van der Waals surface area contributed by atoms with Crippen LogP contribution in [0.3, 0.4) is 0 Å². The van der Waals surface area contributed by atoms with Crippen molar-refractivity contribution >= 4 is 0 Å². The Kier molecular flexibility index (Phi) is 1.77. The summed E-state index contributed by atoms with van der Waals surface area (Å²) in [5.74, 6) is 2.28. The Labute approximate surface area is 84.0 Å². The molecule has 0 amide bonds. The minimum atomic E-state index is 0.355. The number of piperidine rings is 1. The molecule has 0 radical (unpaired) electrons. The summed E-state index contributed by atoms with van der Waals surface area (Å²) in [6.45, 7) is 1.18. The zero-order chi connectivity index (χ0) is 9.54. The average molecular weight is 189 g/mol. The molecular weight excluding hydrogens is 174 g/mol. The summed E-state index contributed by atoms with van der Waals surface area (Å²) in [6, 6.07) is 8.11. The van der Waals surface area contributed by atoms with E-state index in [2.05, 4.69) is 5.32 Å². The number of rotatable bonds is 1. The standard InChI is InChI=1S/C12H15NO/c14-11-3-1-8(2-4-11)12-6-9-5-10(9)7-13-12/h1-4,9-10,12-14H,5-7H2. The zero-order valence-electron chi connectivity index (χ0n) is 8.11. The molecule has 2 nitrogen and oxygen atoms in total. The van der Waals surface area contributed by atoms with Crippen LogP contribution in [-0.2, 0) is 0 Å². The Morgan fingerprint density at radius 2 is 1.86 bits per heavy atom. The van der Waals surface area contributed by atoms with Crippen LogP contribution in [0.4, 0.5) is 0 Å². The van der Waals surface area contributed by atoms with E-state index in [0.717, 1.165) is 11.8 Å². The number of phenols is 1. The second-order valence-electron chi connectivity index (χ2n) is 4.54. The summed E-state index contributed by atoms with van der Waals surface area (Å²) >= 11 is 0. The van der Waals surface area contributed by atoms with Crippen LogP contribution in [0.1, 0.15) is 24.4 Å². The van der Waals surface area contributed by atoms with Gasteiger partial charge in [0.25, 0.3) is 0 Å². The van der Waals surface area contributed by atoms with E-state index >= 15 is 0 Å². The normalized spacial score (nSPS) is 35.0. The SMILES string of the molecule is Oc1ccc(C2CC3CC3CN2)cc1. The lowest BCUT2D eigenvalue weighted by Gasteiger charge is -2.23. The van der Waals surface area contributed by atoms with Crippen molar-refractivity contribution in [2.24, 2.45) is 11.8 Å². The van der Waals surface area contributed by atoms with Gasteiger partial charge in [-0.3, -0.25) is 0 Å². The molecule has 2 aliphatic rings. The van der Waals surface area contributed by atoms with Crippen molar-refractivity contribution in [3.8, 4) is 5.75 Å². The monoisotopic (exact) mass is 189 g/mol. The van der Waals surface area contributed by atoms with Crippen LogP contribution in [0.15, 0.2) is 24.3 Å². The van der Waals surface area contributed by atoms with Crippen LogP contribution in [0.5, 0.6) is 5.75 Å². The molecule has 3 atom stereocenters. The molecule has 0 aromatic heterocycles. The first-order valence-corrected chi connectivity index (χ1v) is 5.35. The highest BCUT2D eigenvalue weighted by atomic mass is 16.3. The lowest BCUT2D eigenvalue weighted by atomic mass is 9.97. The maximum Gasteiger partial charge on any atom is 0.115 e. The topological polar surface area (TPSA) is 32.3 Å². The van der Waals surface area contributed by atoms with Crippen molar-refractivity contribution in [2.45, 2.75) is 18.9 Å². The van der Waals surface area contributed by atoms with Gasteiger partial charge in [-0.05, 0) is 48.9 Å². The third-order valence-electron chi connectivity index (χ3n) is 3.53. The molecule has 2 N–H and O–H groups in total. The number of phenolic OH excluding ortho intramolecular Hbond substituents is 1. The summed E-state index contributed by atoms with van der Waals surface area (Å²) in [6.07, 6.45) is 2.69. The maximum absolute atomic E-state index is 9.19. The van der Waals surface area contributed by atoms with Crippen molar-refractivity contribution in [1.82, 2.24) is 5.32 Å². The van der Waals surface area contributed by atoms with E-state index in [4.69, 9.17) is 0 Å². The molecule has 1 saturated carbocycles. The number of fused-ring (bicyclic) bond motifs is 1. The van der Waals surface area contributed by atoms with Crippen LogP contribution >= 0.6 is 0 Å². The van der Waals surface area contributed by atoms with E-state index < -0.39 is 0 Å². The molecule has 0 spiro atoms. The van der Waals surface area contributed by atoms with Gasteiger partial charge in [0, 0.05) is 6.04 Å². The molecule has 2 heteroatoms. The Morgan fingerprint density at radius 3 is 2.57 bits per heavy atom. The second-order valence-corrected chi connectivity index (χ2v) is 4.54. The van der Waals surface area contributed by atoms with Crippen molar-refractivity contribution in [3.63, 3.8) is 0 Å². The molecule has 1 aliphatic carbocycles. The summed E-state index contributed by atoms with van der Waals surface area (Å²) in [5, 5.41) is 12.8. The van der Waals surface area contributed by atoms with Crippen LogP contribution in [-0.4, -0.2) is 11.7 Å².